The average molecular weight is 437 g/mol. The summed E-state index contributed by atoms with van der Waals surface area (Å²) < 4.78 is 7.08. The van der Waals surface area contributed by atoms with Crippen LogP contribution in [-0.2, 0) is 11.3 Å². The lowest BCUT2D eigenvalue weighted by Crippen LogP contribution is -3.00. The van der Waals surface area contributed by atoms with Crippen LogP contribution < -0.4 is 21.9 Å². The number of thiophene rings is 1. The summed E-state index contributed by atoms with van der Waals surface area (Å²) in [6.07, 6.45) is 2.18. The molecule has 3 aliphatic heterocycles. The molecule has 0 saturated carbocycles. The number of amides is 1. The summed E-state index contributed by atoms with van der Waals surface area (Å²) in [7, 11) is 2.29. The third-order valence-corrected chi connectivity index (χ3v) is 6.52. The van der Waals surface area contributed by atoms with Crippen molar-refractivity contribution in [2.75, 3.05) is 31.6 Å². The molecule has 3 saturated heterocycles. The number of fused-ring (bicyclic) bond motifs is 3. The van der Waals surface area contributed by atoms with Gasteiger partial charge in [0, 0.05) is 29.3 Å². The van der Waals surface area contributed by atoms with Gasteiger partial charge >= 0.3 is 6.09 Å². The Morgan fingerprint density at radius 3 is 2.54 bits per heavy atom. The van der Waals surface area contributed by atoms with Crippen LogP contribution in [0.1, 0.15) is 17.7 Å². The number of carbonyl (C=O) groups is 1. The van der Waals surface area contributed by atoms with Gasteiger partial charge in [-0.2, -0.15) is 0 Å². The summed E-state index contributed by atoms with van der Waals surface area (Å²) in [5, 5.41) is 2.04. The summed E-state index contributed by atoms with van der Waals surface area (Å²) in [5.41, 5.74) is 0.891. The number of hydrogen-bond donors (Lipinski definition) is 0. The van der Waals surface area contributed by atoms with E-state index in [0.29, 0.717) is 12.5 Å². The Bertz CT molecular complexity index is 715. The second-order valence-corrected chi connectivity index (χ2v) is 8.54. The van der Waals surface area contributed by atoms with Crippen molar-refractivity contribution in [3.63, 3.8) is 0 Å². The highest BCUT2D eigenvalue weighted by Gasteiger charge is 2.45. The number of para-hydroxylation sites is 1. The number of quaternary nitrogens is 1. The molecule has 0 aliphatic carbocycles. The average Bonchev–Trinajstić information content (AvgIpc) is 3.14. The van der Waals surface area contributed by atoms with E-state index >= 15 is 0 Å². The van der Waals surface area contributed by atoms with Crippen LogP contribution >= 0.6 is 11.3 Å². The van der Waals surface area contributed by atoms with Crippen molar-refractivity contribution >= 4 is 23.1 Å². The first kappa shape index (κ1) is 19.4. The van der Waals surface area contributed by atoms with Gasteiger partial charge in [0.15, 0.2) is 6.10 Å². The van der Waals surface area contributed by atoms with Gasteiger partial charge in [0.25, 0.3) is 0 Å². The van der Waals surface area contributed by atoms with Crippen LogP contribution in [0.5, 0.6) is 0 Å². The minimum Gasteiger partial charge on any atom is -1.00 e. The van der Waals surface area contributed by atoms with E-state index in [9.17, 15) is 4.79 Å². The first-order valence-electron chi connectivity index (χ1n) is 9.02. The highest BCUT2D eigenvalue weighted by atomic mass is 79.9. The molecule has 1 atom stereocenters. The highest BCUT2D eigenvalue weighted by Crippen LogP contribution is 2.34. The fourth-order valence-electron chi connectivity index (χ4n) is 4.10. The van der Waals surface area contributed by atoms with Gasteiger partial charge in [-0.3, -0.25) is 4.90 Å². The van der Waals surface area contributed by atoms with Gasteiger partial charge < -0.3 is 26.2 Å². The number of halogens is 1. The van der Waals surface area contributed by atoms with Crippen LogP contribution in [0.15, 0.2) is 47.8 Å². The third-order valence-electron chi connectivity index (χ3n) is 5.66. The summed E-state index contributed by atoms with van der Waals surface area (Å²) in [4.78, 5) is 15.9. The van der Waals surface area contributed by atoms with Crippen LogP contribution in [-0.4, -0.2) is 43.4 Å². The van der Waals surface area contributed by atoms with Crippen molar-refractivity contribution in [1.82, 2.24) is 0 Å². The quantitative estimate of drug-likeness (QED) is 0.672. The molecule has 0 radical (unpaired) electrons. The normalized spacial score (nSPS) is 26.8. The molecule has 3 fully saturated rings. The minimum absolute atomic E-state index is 0. The van der Waals surface area contributed by atoms with Gasteiger partial charge in [-0.1, -0.05) is 24.3 Å². The van der Waals surface area contributed by atoms with E-state index < -0.39 is 0 Å². The number of nitrogens with zero attached hydrogens (tertiary/aromatic N) is 2. The Morgan fingerprint density at radius 1 is 1.19 bits per heavy atom. The topological polar surface area (TPSA) is 29.5 Å². The molecule has 1 aromatic carbocycles. The third kappa shape index (κ3) is 4.13. The van der Waals surface area contributed by atoms with Gasteiger partial charge in [0.2, 0.25) is 0 Å². The van der Waals surface area contributed by atoms with Gasteiger partial charge in [0.05, 0.1) is 26.7 Å². The Labute approximate surface area is 169 Å². The molecule has 0 spiro atoms. The number of benzene rings is 1. The van der Waals surface area contributed by atoms with E-state index in [4.69, 9.17) is 4.74 Å². The first-order chi connectivity index (χ1) is 12.1. The fourth-order valence-corrected chi connectivity index (χ4v) is 4.80. The standard InChI is InChI=1S/C20H25N2O2S.BrH/c1-22-11-9-16(10-12-22)19(15-22)24-20(23)21(14-18-8-5-13-25-18)17-6-3-2-4-7-17;/h2-8,13,16,19H,9-12,14-15H2,1H3;1H/q+1;/p-1/t16?,19-,22?;/m0./s1. The lowest BCUT2D eigenvalue weighted by molar-refractivity contribution is -0.928. The molecule has 0 unspecified atom stereocenters. The molecule has 26 heavy (non-hydrogen) atoms. The molecule has 1 amide bonds. The first-order valence-corrected chi connectivity index (χ1v) is 9.90. The summed E-state index contributed by atoms with van der Waals surface area (Å²) >= 11 is 1.67. The molecular weight excluding hydrogens is 412 g/mol. The van der Waals surface area contributed by atoms with Crippen molar-refractivity contribution in [3.05, 3.63) is 52.7 Å². The van der Waals surface area contributed by atoms with Crippen molar-refractivity contribution in [1.29, 1.82) is 0 Å². The van der Waals surface area contributed by atoms with E-state index in [1.165, 1.54) is 25.9 Å². The maximum absolute atomic E-state index is 13.0. The predicted molar refractivity (Wildman–Crippen MR) is 101 cm³/mol. The smallest absolute Gasteiger partial charge is 0.415 e. The van der Waals surface area contributed by atoms with E-state index in [1.807, 2.05) is 41.8 Å². The molecule has 0 N–H and O–H groups in total. The zero-order valence-corrected chi connectivity index (χ0v) is 17.4. The Hall–Kier alpha value is -1.37. The molecule has 5 rings (SSSR count). The number of ether oxygens (including phenoxy) is 1. The number of piperidine rings is 3. The molecule has 3 aliphatic rings. The molecule has 1 aromatic heterocycles. The van der Waals surface area contributed by atoms with Gasteiger partial charge in [-0.15, -0.1) is 11.3 Å². The monoisotopic (exact) mass is 436 g/mol. The Morgan fingerprint density at radius 2 is 1.92 bits per heavy atom. The van der Waals surface area contributed by atoms with Crippen LogP contribution in [0.3, 0.4) is 0 Å². The van der Waals surface area contributed by atoms with Gasteiger partial charge in [0.1, 0.15) is 6.54 Å². The van der Waals surface area contributed by atoms with E-state index in [1.54, 1.807) is 16.2 Å². The van der Waals surface area contributed by atoms with Crippen LogP contribution in [0.25, 0.3) is 0 Å². The number of likely N-dealkylation sites (N-methyl/N-ethyl adjacent to an activating group) is 1. The van der Waals surface area contributed by atoms with E-state index in [-0.39, 0.29) is 29.2 Å². The molecule has 2 bridgehead atoms. The largest absolute Gasteiger partial charge is 1.00 e. The van der Waals surface area contributed by atoms with Crippen molar-refractivity contribution in [2.24, 2.45) is 5.92 Å². The van der Waals surface area contributed by atoms with Gasteiger partial charge in [-0.05, 0) is 23.6 Å². The number of rotatable bonds is 4. The minimum atomic E-state index is -0.218. The number of hydrogen-bond acceptors (Lipinski definition) is 3. The SMILES string of the molecule is C[N+]12CCC(CC1)[C@@H](OC(=O)N(Cc1cccs1)c1ccccc1)C2.[Br-]. The van der Waals surface area contributed by atoms with Gasteiger partial charge in [-0.25, -0.2) is 4.79 Å². The van der Waals surface area contributed by atoms with Crippen molar-refractivity contribution in [2.45, 2.75) is 25.5 Å². The summed E-state index contributed by atoms with van der Waals surface area (Å²) in [6.45, 7) is 3.95. The highest BCUT2D eigenvalue weighted by molar-refractivity contribution is 7.09. The molecule has 4 heterocycles. The summed E-state index contributed by atoms with van der Waals surface area (Å²) in [5.74, 6) is 0.531. The van der Waals surface area contributed by atoms with E-state index in [0.717, 1.165) is 21.6 Å². The maximum Gasteiger partial charge on any atom is 0.415 e. The zero-order chi connectivity index (χ0) is 17.3. The van der Waals surface area contributed by atoms with Crippen molar-refractivity contribution in [3.8, 4) is 0 Å². The van der Waals surface area contributed by atoms with Crippen molar-refractivity contribution < 1.29 is 31.0 Å². The number of anilines is 1. The lowest BCUT2D eigenvalue weighted by Gasteiger charge is -2.49. The molecular formula is C20H25BrN2O2S. The predicted octanol–water partition coefficient (Wildman–Crippen LogP) is 1.13. The maximum atomic E-state index is 13.0. The lowest BCUT2D eigenvalue weighted by atomic mass is 9.84. The molecule has 4 nitrogen and oxygen atoms in total. The second-order valence-electron chi connectivity index (χ2n) is 7.51. The van der Waals surface area contributed by atoms with Crippen LogP contribution in [0.2, 0.25) is 0 Å². The molecule has 2 aromatic rings. The summed E-state index contributed by atoms with van der Waals surface area (Å²) in [6, 6.07) is 13.9. The Balaban J connectivity index is 0.00000196. The van der Waals surface area contributed by atoms with Crippen LogP contribution in [0, 0.1) is 5.92 Å². The fraction of sp³-hybridized carbons (Fsp3) is 0.450. The number of carbonyl (C=O) groups excluding carboxylic acids is 1. The van der Waals surface area contributed by atoms with E-state index in [2.05, 4.69) is 13.1 Å². The second kappa shape index (κ2) is 8.11. The molecule has 140 valence electrons. The van der Waals surface area contributed by atoms with Crippen LogP contribution in [0.4, 0.5) is 10.5 Å². The molecule has 6 heteroatoms. The zero-order valence-electron chi connectivity index (χ0n) is 15.0. The Kier molecular flexibility index (Phi) is 6.05.